The predicted octanol–water partition coefficient (Wildman–Crippen LogP) is 4.27. The van der Waals surface area contributed by atoms with Gasteiger partial charge in [-0.3, -0.25) is 0 Å². The molecule has 100 valence electrons. The minimum absolute atomic E-state index is 0.355. The van der Waals surface area contributed by atoms with Crippen molar-refractivity contribution in [1.82, 2.24) is 5.32 Å². The van der Waals surface area contributed by atoms with Gasteiger partial charge in [0.15, 0.2) is 0 Å². The molecule has 0 amide bonds. The Balaban J connectivity index is 1.86. The van der Waals surface area contributed by atoms with Gasteiger partial charge in [0.2, 0.25) is 0 Å². The van der Waals surface area contributed by atoms with Gasteiger partial charge < -0.3 is 5.32 Å². The molecule has 1 aliphatic carbocycles. The number of aryl methyl sites for hydroxylation is 1. The van der Waals surface area contributed by atoms with Crippen LogP contribution in [-0.4, -0.2) is 12.1 Å². The molecule has 1 nitrogen and oxygen atoms in total. The minimum Gasteiger partial charge on any atom is -0.311 e. The van der Waals surface area contributed by atoms with Crippen molar-refractivity contribution >= 4 is 0 Å². The zero-order valence-corrected chi connectivity index (χ0v) is 12.5. The second-order valence-electron chi connectivity index (χ2n) is 6.98. The number of nitrogens with one attached hydrogen (secondary N) is 1. The summed E-state index contributed by atoms with van der Waals surface area (Å²) in [7, 11) is 0. The molecule has 0 saturated heterocycles. The van der Waals surface area contributed by atoms with Crippen molar-refractivity contribution in [3.63, 3.8) is 0 Å². The average Bonchev–Trinajstić information content (AvgIpc) is 2.22. The number of rotatable bonds is 3. The minimum atomic E-state index is 0.355. The highest BCUT2D eigenvalue weighted by atomic mass is 15.0. The standard InChI is InChI=1S/C17H27N/c1-12-8-6-7-9-16(12)14-10-15(11-14)18-13(2)17(3,4)5/h6-9,13-15,18H,10-11H2,1-5H3. The van der Waals surface area contributed by atoms with E-state index < -0.39 is 0 Å². The van der Waals surface area contributed by atoms with E-state index in [1.807, 2.05) is 0 Å². The first kappa shape index (κ1) is 13.6. The summed E-state index contributed by atoms with van der Waals surface area (Å²) in [4.78, 5) is 0. The first-order valence-electron chi connectivity index (χ1n) is 7.19. The smallest absolute Gasteiger partial charge is 0.00898 e. The van der Waals surface area contributed by atoms with E-state index in [2.05, 4.69) is 64.2 Å². The molecule has 2 rings (SSSR count). The van der Waals surface area contributed by atoms with Crippen LogP contribution >= 0.6 is 0 Å². The topological polar surface area (TPSA) is 12.0 Å². The van der Waals surface area contributed by atoms with Crippen LogP contribution < -0.4 is 5.32 Å². The van der Waals surface area contributed by atoms with E-state index in [0.29, 0.717) is 17.5 Å². The Kier molecular flexibility index (Phi) is 3.82. The van der Waals surface area contributed by atoms with E-state index in [9.17, 15) is 0 Å². The Morgan fingerprint density at radius 1 is 1.17 bits per heavy atom. The summed E-state index contributed by atoms with van der Waals surface area (Å²) in [6, 6.07) is 10.1. The molecule has 0 heterocycles. The van der Waals surface area contributed by atoms with Crippen molar-refractivity contribution in [3.05, 3.63) is 35.4 Å². The molecule has 1 fully saturated rings. The summed E-state index contributed by atoms with van der Waals surface area (Å²) < 4.78 is 0. The van der Waals surface area contributed by atoms with Crippen LogP contribution in [0.15, 0.2) is 24.3 Å². The van der Waals surface area contributed by atoms with Crippen LogP contribution in [0.1, 0.15) is 57.6 Å². The van der Waals surface area contributed by atoms with Gasteiger partial charge in [-0.1, -0.05) is 45.0 Å². The van der Waals surface area contributed by atoms with Gasteiger partial charge in [0.05, 0.1) is 0 Å². The zero-order chi connectivity index (χ0) is 13.3. The summed E-state index contributed by atoms with van der Waals surface area (Å²) in [5.41, 5.74) is 3.36. The summed E-state index contributed by atoms with van der Waals surface area (Å²) in [6.07, 6.45) is 2.59. The van der Waals surface area contributed by atoms with Gasteiger partial charge in [-0.15, -0.1) is 0 Å². The molecule has 0 aromatic heterocycles. The molecular weight excluding hydrogens is 218 g/mol. The highest BCUT2D eigenvalue weighted by Crippen LogP contribution is 2.39. The predicted molar refractivity (Wildman–Crippen MR) is 79.0 cm³/mol. The fourth-order valence-electron chi connectivity index (χ4n) is 2.66. The Labute approximate surface area is 112 Å². The summed E-state index contributed by atoms with van der Waals surface area (Å²) in [5, 5.41) is 3.78. The van der Waals surface area contributed by atoms with Crippen molar-refractivity contribution < 1.29 is 0 Å². The lowest BCUT2D eigenvalue weighted by atomic mass is 9.73. The molecule has 1 aromatic rings. The first-order chi connectivity index (χ1) is 8.38. The molecule has 0 spiro atoms. The third-order valence-electron chi connectivity index (χ3n) is 4.55. The lowest BCUT2D eigenvalue weighted by Gasteiger charge is -2.41. The molecule has 1 N–H and O–H groups in total. The largest absolute Gasteiger partial charge is 0.311 e. The number of hydrogen-bond donors (Lipinski definition) is 1. The van der Waals surface area contributed by atoms with Crippen molar-refractivity contribution in [1.29, 1.82) is 0 Å². The lowest BCUT2D eigenvalue weighted by Crippen LogP contribution is -2.49. The molecule has 1 aliphatic rings. The third kappa shape index (κ3) is 2.95. The highest BCUT2D eigenvalue weighted by Gasteiger charge is 2.33. The van der Waals surface area contributed by atoms with E-state index in [-0.39, 0.29) is 0 Å². The molecule has 18 heavy (non-hydrogen) atoms. The monoisotopic (exact) mass is 245 g/mol. The zero-order valence-electron chi connectivity index (χ0n) is 12.5. The van der Waals surface area contributed by atoms with Crippen LogP contribution in [0.4, 0.5) is 0 Å². The second kappa shape index (κ2) is 5.05. The molecular formula is C17H27N. The van der Waals surface area contributed by atoms with Gasteiger partial charge >= 0.3 is 0 Å². The van der Waals surface area contributed by atoms with Gasteiger partial charge in [-0.05, 0) is 49.1 Å². The van der Waals surface area contributed by atoms with Crippen molar-refractivity contribution in [3.8, 4) is 0 Å². The quantitative estimate of drug-likeness (QED) is 0.838. The Hall–Kier alpha value is -0.820. The van der Waals surface area contributed by atoms with E-state index in [1.54, 1.807) is 5.56 Å². The maximum Gasteiger partial charge on any atom is 0.00898 e. The molecule has 1 aromatic carbocycles. The molecule has 0 aliphatic heterocycles. The molecule has 1 atom stereocenters. The maximum absolute atomic E-state index is 3.78. The normalized spacial score (nSPS) is 25.6. The fourth-order valence-corrected chi connectivity index (χ4v) is 2.66. The van der Waals surface area contributed by atoms with Gasteiger partial charge in [0, 0.05) is 12.1 Å². The Morgan fingerprint density at radius 3 is 2.33 bits per heavy atom. The second-order valence-corrected chi connectivity index (χ2v) is 6.98. The summed E-state index contributed by atoms with van der Waals surface area (Å²) in [5.74, 6) is 0.774. The van der Waals surface area contributed by atoms with Crippen molar-refractivity contribution in [2.24, 2.45) is 5.41 Å². The Bertz CT molecular complexity index is 396. The van der Waals surface area contributed by atoms with E-state index in [1.165, 1.54) is 18.4 Å². The first-order valence-corrected chi connectivity index (χ1v) is 7.19. The highest BCUT2D eigenvalue weighted by molar-refractivity contribution is 5.31. The van der Waals surface area contributed by atoms with Gasteiger partial charge in [-0.25, -0.2) is 0 Å². The maximum atomic E-state index is 3.78. The molecule has 0 radical (unpaired) electrons. The van der Waals surface area contributed by atoms with E-state index >= 15 is 0 Å². The molecule has 1 saturated carbocycles. The van der Waals surface area contributed by atoms with Gasteiger partial charge in [-0.2, -0.15) is 0 Å². The number of hydrogen-bond acceptors (Lipinski definition) is 1. The van der Waals surface area contributed by atoms with E-state index in [4.69, 9.17) is 0 Å². The molecule has 1 heteroatoms. The van der Waals surface area contributed by atoms with Crippen LogP contribution in [0.3, 0.4) is 0 Å². The van der Waals surface area contributed by atoms with Crippen molar-refractivity contribution in [2.75, 3.05) is 0 Å². The van der Waals surface area contributed by atoms with Crippen molar-refractivity contribution in [2.45, 2.75) is 65.5 Å². The number of benzene rings is 1. The summed E-state index contributed by atoms with van der Waals surface area (Å²) in [6.45, 7) is 11.5. The van der Waals surface area contributed by atoms with Gasteiger partial charge in [0.1, 0.15) is 0 Å². The molecule has 1 unspecified atom stereocenters. The van der Waals surface area contributed by atoms with Crippen LogP contribution in [-0.2, 0) is 0 Å². The summed E-state index contributed by atoms with van der Waals surface area (Å²) >= 11 is 0. The van der Waals surface area contributed by atoms with Gasteiger partial charge in [0.25, 0.3) is 0 Å². The SMILES string of the molecule is Cc1ccccc1C1CC(NC(C)C(C)(C)C)C1. The molecule has 0 bridgehead atoms. The van der Waals surface area contributed by atoms with Crippen LogP contribution in [0.5, 0.6) is 0 Å². The average molecular weight is 245 g/mol. The van der Waals surface area contributed by atoms with E-state index in [0.717, 1.165) is 5.92 Å². The third-order valence-corrected chi connectivity index (χ3v) is 4.55. The van der Waals surface area contributed by atoms with Crippen LogP contribution in [0, 0.1) is 12.3 Å². The Morgan fingerprint density at radius 2 is 1.78 bits per heavy atom. The fraction of sp³-hybridized carbons (Fsp3) is 0.647. The lowest BCUT2D eigenvalue weighted by molar-refractivity contribution is 0.202. The van der Waals surface area contributed by atoms with Crippen LogP contribution in [0.25, 0.3) is 0 Å². The van der Waals surface area contributed by atoms with Crippen LogP contribution in [0.2, 0.25) is 0 Å².